The van der Waals surface area contributed by atoms with Gasteiger partial charge in [0.25, 0.3) is 0 Å². The number of rotatable bonds is 5. The molecule has 1 aromatic carbocycles. The van der Waals surface area contributed by atoms with Gasteiger partial charge in [-0.1, -0.05) is 0 Å². The number of nitrogens with two attached hydrogens (primary N) is 1. The second-order valence-electron chi connectivity index (χ2n) is 3.52. The van der Waals surface area contributed by atoms with Crippen LogP contribution in [-0.4, -0.2) is 38.9 Å². The van der Waals surface area contributed by atoms with Crippen LogP contribution in [0.5, 0.6) is 11.5 Å². The second-order valence-corrected chi connectivity index (χ2v) is 3.52. The third kappa shape index (κ3) is 2.93. The number of benzene rings is 1. The van der Waals surface area contributed by atoms with Gasteiger partial charge in [0.2, 0.25) is 0 Å². The van der Waals surface area contributed by atoms with Crippen LogP contribution in [0.4, 0.5) is 11.4 Å². The smallest absolute Gasteiger partial charge is 0.323 e. The van der Waals surface area contributed by atoms with Gasteiger partial charge in [0.05, 0.1) is 25.6 Å². The molecule has 3 N–H and O–H groups in total. The van der Waals surface area contributed by atoms with Gasteiger partial charge in [-0.3, -0.25) is 4.79 Å². The van der Waals surface area contributed by atoms with Crippen LogP contribution in [0.15, 0.2) is 12.1 Å². The van der Waals surface area contributed by atoms with Crippen molar-refractivity contribution in [2.75, 3.05) is 38.4 Å². The molecule has 0 atom stereocenters. The lowest BCUT2D eigenvalue weighted by atomic mass is 10.2. The Hall–Kier alpha value is -2.11. The molecule has 17 heavy (non-hydrogen) atoms. The Morgan fingerprint density at radius 1 is 1.35 bits per heavy atom. The number of ether oxygens (including phenoxy) is 2. The van der Waals surface area contributed by atoms with Gasteiger partial charge in [-0.2, -0.15) is 0 Å². The molecule has 1 aromatic rings. The minimum Gasteiger partial charge on any atom is -0.493 e. The fourth-order valence-electron chi connectivity index (χ4n) is 1.50. The summed E-state index contributed by atoms with van der Waals surface area (Å²) in [6.07, 6.45) is 0. The Morgan fingerprint density at radius 2 is 1.88 bits per heavy atom. The first-order valence-corrected chi connectivity index (χ1v) is 4.94. The first kappa shape index (κ1) is 13.0. The predicted molar refractivity (Wildman–Crippen MR) is 64.9 cm³/mol. The van der Waals surface area contributed by atoms with E-state index in [9.17, 15) is 4.79 Å². The Labute approximate surface area is 99.5 Å². The highest BCUT2D eigenvalue weighted by molar-refractivity contribution is 5.79. The molecule has 0 fully saturated rings. The monoisotopic (exact) mass is 240 g/mol. The highest BCUT2D eigenvalue weighted by Crippen LogP contribution is 2.36. The van der Waals surface area contributed by atoms with Gasteiger partial charge in [0, 0.05) is 19.2 Å². The standard InChI is InChI=1S/C11H16N2O4/c1-13(6-11(14)15)8-5-10(17-3)9(16-2)4-7(8)12/h4-5H,6,12H2,1-3H3,(H,14,15). The van der Waals surface area contributed by atoms with Crippen LogP contribution in [0.2, 0.25) is 0 Å². The topological polar surface area (TPSA) is 85.0 Å². The summed E-state index contributed by atoms with van der Waals surface area (Å²) in [5.41, 5.74) is 6.85. The van der Waals surface area contributed by atoms with Crippen molar-refractivity contribution < 1.29 is 19.4 Å². The Balaban J connectivity index is 3.11. The molecule has 0 aromatic heterocycles. The summed E-state index contributed by atoms with van der Waals surface area (Å²) in [5, 5.41) is 8.72. The van der Waals surface area contributed by atoms with Gasteiger partial charge in [0.1, 0.15) is 6.54 Å². The molecule has 0 radical (unpaired) electrons. The van der Waals surface area contributed by atoms with E-state index in [2.05, 4.69) is 0 Å². The number of aliphatic carboxylic acids is 1. The van der Waals surface area contributed by atoms with Crippen LogP contribution < -0.4 is 20.1 Å². The third-order valence-corrected chi connectivity index (χ3v) is 2.32. The van der Waals surface area contributed by atoms with Crippen LogP contribution in [-0.2, 0) is 4.79 Å². The van der Waals surface area contributed by atoms with Crippen molar-refractivity contribution in [3.05, 3.63) is 12.1 Å². The normalized spacial score (nSPS) is 9.82. The number of methoxy groups -OCH3 is 2. The first-order chi connectivity index (χ1) is 7.99. The number of nitrogens with zero attached hydrogens (tertiary/aromatic N) is 1. The van der Waals surface area contributed by atoms with Crippen molar-refractivity contribution in [1.82, 2.24) is 0 Å². The van der Waals surface area contributed by atoms with Gasteiger partial charge in [-0.05, 0) is 0 Å². The summed E-state index contributed by atoms with van der Waals surface area (Å²) in [6, 6.07) is 3.25. The quantitative estimate of drug-likeness (QED) is 0.741. The number of hydrogen-bond donors (Lipinski definition) is 2. The minimum absolute atomic E-state index is 0.139. The van der Waals surface area contributed by atoms with Crippen LogP contribution >= 0.6 is 0 Å². The zero-order valence-electron chi connectivity index (χ0n) is 10.1. The Morgan fingerprint density at radius 3 is 2.35 bits per heavy atom. The van der Waals surface area contributed by atoms with E-state index < -0.39 is 5.97 Å². The van der Waals surface area contributed by atoms with E-state index in [-0.39, 0.29) is 6.54 Å². The van der Waals surface area contributed by atoms with Gasteiger partial charge in [0.15, 0.2) is 11.5 Å². The first-order valence-electron chi connectivity index (χ1n) is 4.94. The highest BCUT2D eigenvalue weighted by Gasteiger charge is 2.13. The number of carboxylic acids is 1. The van der Waals surface area contributed by atoms with E-state index in [0.29, 0.717) is 22.9 Å². The second kappa shape index (κ2) is 5.29. The van der Waals surface area contributed by atoms with Crippen molar-refractivity contribution in [2.24, 2.45) is 0 Å². The molecule has 0 unspecified atom stereocenters. The van der Waals surface area contributed by atoms with Crippen molar-refractivity contribution in [3.8, 4) is 11.5 Å². The fraction of sp³-hybridized carbons (Fsp3) is 0.364. The molecule has 0 aliphatic heterocycles. The van der Waals surface area contributed by atoms with Gasteiger partial charge in [-0.15, -0.1) is 0 Å². The molecule has 0 spiro atoms. The molecular weight excluding hydrogens is 224 g/mol. The zero-order valence-corrected chi connectivity index (χ0v) is 10.1. The maximum atomic E-state index is 10.6. The van der Waals surface area contributed by atoms with Crippen molar-refractivity contribution >= 4 is 17.3 Å². The maximum absolute atomic E-state index is 10.6. The summed E-state index contributed by atoms with van der Waals surface area (Å²) < 4.78 is 10.2. The van der Waals surface area contributed by atoms with E-state index in [1.807, 2.05) is 0 Å². The number of nitrogen functional groups attached to an aromatic ring is 1. The number of anilines is 2. The van der Waals surface area contributed by atoms with Crippen LogP contribution in [0.3, 0.4) is 0 Å². The molecule has 1 rings (SSSR count). The Bertz CT molecular complexity index is 420. The summed E-state index contributed by atoms with van der Waals surface area (Å²) in [6.45, 7) is -0.139. The molecule has 0 heterocycles. The lowest BCUT2D eigenvalue weighted by Gasteiger charge is -2.20. The number of likely N-dealkylation sites (N-methyl/N-ethyl adjacent to an activating group) is 1. The predicted octanol–water partition coefficient (Wildman–Crippen LogP) is 0.807. The minimum atomic E-state index is -0.929. The molecular formula is C11H16N2O4. The number of carboxylic acid groups (broad SMARTS) is 1. The maximum Gasteiger partial charge on any atom is 0.323 e. The van der Waals surface area contributed by atoms with Gasteiger partial charge in [-0.25, -0.2) is 0 Å². The summed E-state index contributed by atoms with van der Waals surface area (Å²) >= 11 is 0. The van der Waals surface area contributed by atoms with E-state index in [1.54, 1.807) is 19.2 Å². The van der Waals surface area contributed by atoms with Crippen molar-refractivity contribution in [1.29, 1.82) is 0 Å². The third-order valence-electron chi connectivity index (χ3n) is 2.32. The summed E-state index contributed by atoms with van der Waals surface area (Å²) in [7, 11) is 4.67. The van der Waals surface area contributed by atoms with E-state index in [0.717, 1.165) is 0 Å². The molecule has 6 nitrogen and oxygen atoms in total. The lowest BCUT2D eigenvalue weighted by Crippen LogP contribution is -2.25. The molecule has 0 saturated heterocycles. The summed E-state index contributed by atoms with van der Waals surface area (Å²) in [4.78, 5) is 12.2. The molecule has 0 saturated carbocycles. The largest absolute Gasteiger partial charge is 0.493 e. The lowest BCUT2D eigenvalue weighted by molar-refractivity contribution is -0.135. The average Bonchev–Trinajstić information content (AvgIpc) is 2.27. The molecule has 94 valence electrons. The average molecular weight is 240 g/mol. The van der Waals surface area contributed by atoms with Gasteiger partial charge >= 0.3 is 5.97 Å². The highest BCUT2D eigenvalue weighted by atomic mass is 16.5. The SMILES string of the molecule is COc1cc(N)c(N(C)CC(=O)O)cc1OC. The molecule has 0 amide bonds. The fourth-order valence-corrected chi connectivity index (χ4v) is 1.50. The van der Waals surface area contributed by atoms with E-state index in [1.165, 1.54) is 19.1 Å². The molecule has 0 aliphatic rings. The van der Waals surface area contributed by atoms with Crippen molar-refractivity contribution in [3.63, 3.8) is 0 Å². The Kier molecular flexibility index (Phi) is 4.03. The van der Waals surface area contributed by atoms with Crippen LogP contribution in [0.25, 0.3) is 0 Å². The van der Waals surface area contributed by atoms with Crippen molar-refractivity contribution in [2.45, 2.75) is 0 Å². The van der Waals surface area contributed by atoms with Gasteiger partial charge < -0.3 is 25.2 Å². The number of hydrogen-bond acceptors (Lipinski definition) is 5. The molecule has 0 aliphatic carbocycles. The molecule has 6 heteroatoms. The van der Waals surface area contributed by atoms with E-state index in [4.69, 9.17) is 20.3 Å². The number of carbonyl (C=O) groups is 1. The van der Waals surface area contributed by atoms with Crippen LogP contribution in [0.1, 0.15) is 0 Å². The molecule has 0 bridgehead atoms. The van der Waals surface area contributed by atoms with Crippen LogP contribution in [0, 0.1) is 0 Å². The zero-order chi connectivity index (χ0) is 13.0. The van der Waals surface area contributed by atoms with E-state index >= 15 is 0 Å². The summed E-state index contributed by atoms with van der Waals surface area (Å²) in [5.74, 6) is 0.0908.